The van der Waals surface area contributed by atoms with Gasteiger partial charge in [0, 0.05) is 0 Å². The van der Waals surface area contributed by atoms with Gasteiger partial charge in [-0.2, -0.15) is 0 Å². The van der Waals surface area contributed by atoms with Crippen LogP contribution in [-0.4, -0.2) is 30.0 Å². The summed E-state index contributed by atoms with van der Waals surface area (Å²) in [7, 11) is 0. The zero-order valence-electron chi connectivity index (χ0n) is 22.0. The minimum absolute atomic E-state index is 0.0621. The van der Waals surface area contributed by atoms with E-state index in [-0.39, 0.29) is 23.1 Å². The number of benzene rings is 2. The number of carbonyl (C=O) groups is 1. The molecule has 0 bridgehead atoms. The summed E-state index contributed by atoms with van der Waals surface area (Å²) in [5.74, 6) is 3.85. The second-order valence-electron chi connectivity index (χ2n) is 10.2. The Morgan fingerprint density at radius 1 is 0.829 bits per heavy atom. The summed E-state index contributed by atoms with van der Waals surface area (Å²) < 4.78 is 0. The van der Waals surface area contributed by atoms with Crippen LogP contribution in [-0.2, 0) is 25.3 Å². The predicted octanol–water partition coefficient (Wildman–Crippen LogP) is 6.36. The lowest BCUT2D eigenvalue weighted by Gasteiger charge is -2.18. The third kappa shape index (κ3) is 12.2. The normalized spacial score (nSPS) is 12.5. The number of rotatable bonds is 8. The van der Waals surface area contributed by atoms with Crippen molar-refractivity contribution in [3.8, 4) is 0 Å². The van der Waals surface area contributed by atoms with Gasteiger partial charge in [-0.1, -0.05) is 113 Å². The third-order valence-corrected chi connectivity index (χ3v) is 5.05. The van der Waals surface area contributed by atoms with E-state index in [1.54, 1.807) is 6.08 Å². The lowest BCUT2D eigenvalue weighted by molar-refractivity contribution is -0.129. The average molecular weight is 481 g/mol. The Balaban J connectivity index is 0.000000365. The Labute approximate surface area is 210 Å². The summed E-state index contributed by atoms with van der Waals surface area (Å²) >= 11 is 0. The van der Waals surface area contributed by atoms with Gasteiger partial charge in [0.2, 0.25) is 0 Å². The summed E-state index contributed by atoms with van der Waals surface area (Å²) in [6.07, 6.45) is 7.61. The zero-order valence-corrected chi connectivity index (χ0v) is 22.0. The molecule has 190 valence electrons. The topological polar surface area (TPSA) is 94.1 Å². The fourth-order valence-corrected chi connectivity index (χ4v) is 2.83. The van der Waals surface area contributed by atoms with Gasteiger partial charge in [-0.3, -0.25) is 0 Å². The van der Waals surface area contributed by atoms with Crippen molar-refractivity contribution < 1.29 is 19.6 Å². The van der Waals surface area contributed by atoms with E-state index in [9.17, 15) is 4.79 Å². The number of nitrogens with zero attached hydrogens (tertiary/aromatic N) is 1. The number of nitrogens with two attached hydrogens (primary N) is 1. The highest BCUT2D eigenvalue weighted by molar-refractivity contribution is 6.34. The van der Waals surface area contributed by atoms with Gasteiger partial charge in [-0.25, -0.2) is 10.7 Å². The molecule has 0 spiro atoms. The van der Waals surface area contributed by atoms with E-state index in [0.29, 0.717) is 6.61 Å². The van der Waals surface area contributed by atoms with Crippen LogP contribution in [0, 0.1) is 0 Å². The molecule has 6 heteroatoms. The standard InChI is InChI=1S/C16H21NO3.C13H19NO/c1-12(15(18)19)17-20-11-5-6-13-7-9-14(10-8-13)16(2,3)4;1-13(2,3)12-8-6-11(7-9-12)5-4-10-15-14/h5-10H,11H2,1-4H3,(H,18,19);4-9H,10,14H2,1-3H3. The lowest BCUT2D eigenvalue weighted by atomic mass is 9.87. The highest BCUT2D eigenvalue weighted by Crippen LogP contribution is 2.23. The first-order valence-electron chi connectivity index (χ1n) is 11.6. The third-order valence-electron chi connectivity index (χ3n) is 5.05. The maximum absolute atomic E-state index is 10.5. The van der Waals surface area contributed by atoms with Gasteiger partial charge in [0.05, 0.1) is 6.61 Å². The molecule has 35 heavy (non-hydrogen) atoms. The summed E-state index contributed by atoms with van der Waals surface area (Å²) in [5, 5.41) is 12.0. The Hall–Kier alpha value is -3.22. The molecule has 2 rings (SSSR count). The minimum Gasteiger partial charge on any atom is -0.477 e. The number of oxime groups is 1. The van der Waals surface area contributed by atoms with Gasteiger partial charge >= 0.3 is 5.97 Å². The summed E-state index contributed by atoms with van der Waals surface area (Å²) in [5.41, 5.74) is 5.16. The highest BCUT2D eigenvalue weighted by atomic mass is 16.6. The summed E-state index contributed by atoms with van der Waals surface area (Å²) in [6, 6.07) is 16.8. The van der Waals surface area contributed by atoms with Crippen LogP contribution in [0.3, 0.4) is 0 Å². The van der Waals surface area contributed by atoms with Crippen LogP contribution >= 0.6 is 0 Å². The molecule has 0 heterocycles. The molecule has 0 aliphatic rings. The number of hydrogen-bond donors (Lipinski definition) is 2. The van der Waals surface area contributed by atoms with Crippen molar-refractivity contribution in [1.29, 1.82) is 0 Å². The first kappa shape index (κ1) is 29.8. The number of carboxylic acids is 1. The highest BCUT2D eigenvalue weighted by Gasteiger charge is 2.13. The number of carboxylic acid groups (broad SMARTS) is 1. The Kier molecular flexibility index (Phi) is 12.1. The van der Waals surface area contributed by atoms with E-state index < -0.39 is 5.97 Å². The molecule has 0 unspecified atom stereocenters. The first-order valence-corrected chi connectivity index (χ1v) is 11.6. The minimum atomic E-state index is -1.08. The summed E-state index contributed by atoms with van der Waals surface area (Å²) in [4.78, 5) is 19.8. The van der Waals surface area contributed by atoms with E-state index in [1.807, 2.05) is 30.4 Å². The maximum Gasteiger partial charge on any atom is 0.353 e. The van der Waals surface area contributed by atoms with Crippen LogP contribution in [0.5, 0.6) is 0 Å². The fourth-order valence-electron chi connectivity index (χ4n) is 2.83. The van der Waals surface area contributed by atoms with Crippen molar-refractivity contribution in [3.63, 3.8) is 0 Å². The SMILES string of the molecule is CC(=NOCC=Cc1ccc(C(C)(C)C)cc1)C(=O)O.CC(C)(C)c1ccc(C=CCON)cc1. The summed E-state index contributed by atoms with van der Waals surface area (Å²) in [6.45, 7) is 15.2. The second kappa shape index (κ2) is 14.2. The van der Waals surface area contributed by atoms with Gasteiger partial charge in [-0.05, 0) is 46.1 Å². The molecule has 0 fully saturated rings. The van der Waals surface area contributed by atoms with E-state index in [4.69, 9.17) is 15.8 Å². The smallest absolute Gasteiger partial charge is 0.353 e. The molecule has 0 atom stereocenters. The maximum atomic E-state index is 10.5. The molecular weight excluding hydrogens is 440 g/mol. The van der Waals surface area contributed by atoms with Gasteiger partial charge < -0.3 is 14.8 Å². The second-order valence-corrected chi connectivity index (χ2v) is 10.2. The molecule has 6 nitrogen and oxygen atoms in total. The Bertz CT molecular complexity index is 991. The van der Waals surface area contributed by atoms with Gasteiger partial charge in [0.1, 0.15) is 6.61 Å². The van der Waals surface area contributed by atoms with Crippen molar-refractivity contribution in [2.24, 2.45) is 11.1 Å². The van der Waals surface area contributed by atoms with E-state index in [2.05, 4.69) is 87.9 Å². The van der Waals surface area contributed by atoms with Gasteiger partial charge in [0.15, 0.2) is 5.71 Å². The van der Waals surface area contributed by atoms with Crippen LogP contribution in [0.1, 0.15) is 70.7 Å². The van der Waals surface area contributed by atoms with Gasteiger partial charge in [-0.15, -0.1) is 0 Å². The van der Waals surface area contributed by atoms with Crippen LogP contribution in [0.25, 0.3) is 12.2 Å². The van der Waals surface area contributed by atoms with Crippen LogP contribution in [0.4, 0.5) is 0 Å². The van der Waals surface area contributed by atoms with Crippen LogP contribution < -0.4 is 5.90 Å². The molecule has 0 aliphatic heterocycles. The molecule has 0 saturated carbocycles. The van der Waals surface area contributed by atoms with Crippen LogP contribution in [0.15, 0.2) is 65.8 Å². The van der Waals surface area contributed by atoms with Crippen molar-refractivity contribution >= 4 is 23.8 Å². The quantitative estimate of drug-likeness (QED) is 0.260. The van der Waals surface area contributed by atoms with Crippen molar-refractivity contribution in [1.82, 2.24) is 0 Å². The predicted molar refractivity (Wildman–Crippen MR) is 145 cm³/mol. The number of aliphatic carboxylic acids is 1. The molecule has 2 aromatic carbocycles. The molecular formula is C29H40N2O4. The van der Waals surface area contributed by atoms with E-state index >= 15 is 0 Å². The number of hydrogen-bond acceptors (Lipinski definition) is 5. The molecule has 0 radical (unpaired) electrons. The molecule has 0 saturated heterocycles. The Morgan fingerprint density at radius 3 is 1.57 bits per heavy atom. The average Bonchev–Trinajstić information content (AvgIpc) is 2.79. The molecule has 3 N–H and O–H groups in total. The fraction of sp³-hybridized carbons (Fsp3) is 0.379. The lowest BCUT2D eigenvalue weighted by Crippen LogP contribution is -2.10. The van der Waals surface area contributed by atoms with E-state index in [1.165, 1.54) is 23.6 Å². The monoisotopic (exact) mass is 480 g/mol. The van der Waals surface area contributed by atoms with Crippen molar-refractivity contribution in [2.75, 3.05) is 13.2 Å². The van der Waals surface area contributed by atoms with E-state index in [0.717, 1.165) is 5.56 Å². The molecule has 2 aromatic rings. The molecule has 0 amide bonds. The largest absolute Gasteiger partial charge is 0.477 e. The molecule has 0 aromatic heterocycles. The van der Waals surface area contributed by atoms with Crippen LogP contribution in [0.2, 0.25) is 0 Å². The van der Waals surface area contributed by atoms with Crippen molar-refractivity contribution in [3.05, 3.63) is 82.9 Å². The Morgan fingerprint density at radius 2 is 1.23 bits per heavy atom. The van der Waals surface area contributed by atoms with Gasteiger partial charge in [0.25, 0.3) is 0 Å². The van der Waals surface area contributed by atoms with Crippen molar-refractivity contribution in [2.45, 2.75) is 59.3 Å². The molecule has 0 aliphatic carbocycles. The first-order chi connectivity index (χ1) is 16.3. The zero-order chi connectivity index (χ0) is 26.5.